The van der Waals surface area contributed by atoms with Crippen LogP contribution in [0.15, 0.2) is 4.47 Å². The van der Waals surface area contributed by atoms with Crippen LogP contribution in [0.3, 0.4) is 0 Å². The summed E-state index contributed by atoms with van der Waals surface area (Å²) in [6, 6.07) is 0.200. The molecule has 0 bridgehead atoms. The number of hydrogen-bond acceptors (Lipinski definition) is 4. The molecule has 2 heterocycles. The molecular weight excluding hydrogens is 354 g/mol. The largest absolute Gasteiger partial charge is 0.326 e. The maximum atomic E-state index is 6.52. The van der Waals surface area contributed by atoms with Crippen LogP contribution < -0.4 is 5.73 Å². The minimum atomic E-state index is 0.200. The maximum absolute atomic E-state index is 6.52. The minimum Gasteiger partial charge on any atom is -0.326 e. The summed E-state index contributed by atoms with van der Waals surface area (Å²) in [5.74, 6) is 2.48. The molecule has 1 aromatic rings. The molecular formula is C14H24BrN3S2. The normalized spacial score (nSPS) is 24.9. The Bertz CT molecular complexity index is 450. The van der Waals surface area contributed by atoms with Gasteiger partial charge in [-0.25, -0.2) is 0 Å². The number of aryl methyl sites for hydroxylation is 2. The van der Waals surface area contributed by atoms with Crippen LogP contribution in [0.1, 0.15) is 32.2 Å². The van der Waals surface area contributed by atoms with Crippen LogP contribution in [0, 0.1) is 0 Å². The van der Waals surface area contributed by atoms with E-state index in [4.69, 9.17) is 5.73 Å². The van der Waals surface area contributed by atoms with Crippen molar-refractivity contribution in [3.05, 3.63) is 15.9 Å². The molecule has 3 atom stereocenters. The van der Waals surface area contributed by atoms with Crippen LogP contribution in [-0.2, 0) is 19.4 Å². The molecule has 0 amide bonds. The van der Waals surface area contributed by atoms with Crippen molar-refractivity contribution in [2.75, 3.05) is 11.5 Å². The molecule has 114 valence electrons. The van der Waals surface area contributed by atoms with E-state index in [2.05, 4.69) is 58.2 Å². The van der Waals surface area contributed by atoms with E-state index in [1.165, 1.54) is 21.7 Å². The number of thioether (sulfide) groups is 2. The maximum Gasteiger partial charge on any atom is 0.0766 e. The van der Waals surface area contributed by atoms with Crippen molar-refractivity contribution in [2.24, 2.45) is 5.73 Å². The molecule has 2 N–H and O–H groups in total. The lowest BCUT2D eigenvalue weighted by Crippen LogP contribution is -2.42. The third-order valence-electron chi connectivity index (χ3n) is 3.78. The molecule has 1 aliphatic rings. The van der Waals surface area contributed by atoms with E-state index in [0.717, 1.165) is 25.1 Å². The van der Waals surface area contributed by atoms with E-state index in [0.29, 0.717) is 10.5 Å². The van der Waals surface area contributed by atoms with Gasteiger partial charge in [0.2, 0.25) is 0 Å². The summed E-state index contributed by atoms with van der Waals surface area (Å²) in [5, 5.41) is 5.86. The molecule has 0 saturated carbocycles. The van der Waals surface area contributed by atoms with E-state index < -0.39 is 0 Å². The Labute approximate surface area is 139 Å². The second-order valence-corrected chi connectivity index (χ2v) is 8.72. The Morgan fingerprint density at radius 3 is 2.70 bits per heavy atom. The topological polar surface area (TPSA) is 43.8 Å². The van der Waals surface area contributed by atoms with E-state index >= 15 is 0 Å². The van der Waals surface area contributed by atoms with E-state index in [1.54, 1.807) is 0 Å². The highest BCUT2D eigenvalue weighted by Crippen LogP contribution is 2.34. The summed E-state index contributed by atoms with van der Waals surface area (Å²) in [7, 11) is 0. The first-order chi connectivity index (χ1) is 9.58. The highest BCUT2D eigenvalue weighted by molar-refractivity contribution is 9.10. The highest BCUT2D eigenvalue weighted by atomic mass is 79.9. The van der Waals surface area contributed by atoms with Crippen molar-refractivity contribution in [3.8, 4) is 0 Å². The molecule has 0 spiro atoms. The summed E-state index contributed by atoms with van der Waals surface area (Å²) in [6.45, 7) is 7.50. The zero-order valence-corrected chi connectivity index (χ0v) is 15.7. The minimum absolute atomic E-state index is 0.200. The van der Waals surface area contributed by atoms with Gasteiger partial charge >= 0.3 is 0 Å². The molecule has 1 saturated heterocycles. The molecule has 3 nitrogen and oxygen atoms in total. The van der Waals surface area contributed by atoms with Gasteiger partial charge in [0.05, 0.1) is 15.9 Å². The Morgan fingerprint density at radius 2 is 2.10 bits per heavy atom. The van der Waals surface area contributed by atoms with Gasteiger partial charge < -0.3 is 5.73 Å². The molecule has 0 aromatic carbocycles. The third kappa shape index (κ3) is 3.57. The predicted molar refractivity (Wildman–Crippen MR) is 94.8 cm³/mol. The Balaban J connectivity index is 2.14. The number of nitrogens with zero attached hydrogens (tertiary/aromatic N) is 2. The second-order valence-electron chi connectivity index (χ2n) is 5.16. The second kappa shape index (κ2) is 7.56. The van der Waals surface area contributed by atoms with Crippen LogP contribution in [0.4, 0.5) is 0 Å². The van der Waals surface area contributed by atoms with Gasteiger partial charge in [0.15, 0.2) is 0 Å². The third-order valence-corrected chi connectivity index (χ3v) is 7.97. The fourth-order valence-electron chi connectivity index (χ4n) is 2.67. The summed E-state index contributed by atoms with van der Waals surface area (Å²) in [6.07, 6.45) is 1.87. The Morgan fingerprint density at radius 1 is 1.40 bits per heavy atom. The summed E-state index contributed by atoms with van der Waals surface area (Å²) >= 11 is 7.81. The summed E-state index contributed by atoms with van der Waals surface area (Å²) < 4.78 is 3.27. The molecule has 1 aliphatic heterocycles. The van der Waals surface area contributed by atoms with Crippen molar-refractivity contribution in [3.63, 3.8) is 0 Å². The van der Waals surface area contributed by atoms with Gasteiger partial charge in [0.25, 0.3) is 0 Å². The van der Waals surface area contributed by atoms with Crippen LogP contribution in [0.5, 0.6) is 0 Å². The van der Waals surface area contributed by atoms with E-state index in [1.807, 2.05) is 11.8 Å². The monoisotopic (exact) mass is 377 g/mol. The van der Waals surface area contributed by atoms with Crippen molar-refractivity contribution < 1.29 is 0 Å². The fraction of sp³-hybridized carbons (Fsp3) is 0.786. The lowest BCUT2D eigenvalue weighted by atomic mass is 10.1. The standard InChI is InChI=1S/C14H24BrN3S2/c1-4-11-13(15)12(18(5-2)17-11)8-10(16)14-9(3)19-6-7-20-14/h9-10,14H,4-8,16H2,1-3H3. The molecule has 0 aliphatic carbocycles. The number of halogens is 1. The first kappa shape index (κ1) is 16.7. The van der Waals surface area contributed by atoms with Gasteiger partial charge in [0, 0.05) is 41.0 Å². The Kier molecular flexibility index (Phi) is 6.32. The van der Waals surface area contributed by atoms with Crippen LogP contribution in [0.25, 0.3) is 0 Å². The SMILES string of the molecule is CCc1nn(CC)c(CC(N)C2SCCSC2C)c1Br. The number of rotatable bonds is 5. The first-order valence-corrected chi connectivity index (χ1v) is 10.2. The van der Waals surface area contributed by atoms with Crippen molar-refractivity contribution >= 4 is 39.5 Å². The zero-order valence-electron chi connectivity index (χ0n) is 12.4. The molecule has 3 unspecified atom stereocenters. The quantitative estimate of drug-likeness (QED) is 0.854. The predicted octanol–water partition coefficient (Wildman–Crippen LogP) is 3.33. The lowest BCUT2D eigenvalue weighted by molar-refractivity contribution is 0.558. The molecule has 6 heteroatoms. The van der Waals surface area contributed by atoms with Gasteiger partial charge in [-0.05, 0) is 29.3 Å². The van der Waals surface area contributed by atoms with Crippen molar-refractivity contribution in [1.29, 1.82) is 0 Å². The molecule has 20 heavy (non-hydrogen) atoms. The van der Waals surface area contributed by atoms with Crippen molar-refractivity contribution in [1.82, 2.24) is 9.78 Å². The van der Waals surface area contributed by atoms with E-state index in [-0.39, 0.29) is 6.04 Å². The van der Waals surface area contributed by atoms with Gasteiger partial charge in [-0.15, -0.1) is 0 Å². The highest BCUT2D eigenvalue weighted by Gasteiger charge is 2.29. The molecule has 1 fully saturated rings. The van der Waals surface area contributed by atoms with Crippen molar-refractivity contribution in [2.45, 2.75) is 56.7 Å². The zero-order chi connectivity index (χ0) is 14.7. The van der Waals surface area contributed by atoms with Crippen LogP contribution in [-0.4, -0.2) is 37.8 Å². The molecule has 2 rings (SSSR count). The average Bonchev–Trinajstić information content (AvgIpc) is 2.75. The van der Waals surface area contributed by atoms with Gasteiger partial charge in [-0.2, -0.15) is 28.6 Å². The number of hydrogen-bond donors (Lipinski definition) is 1. The first-order valence-electron chi connectivity index (χ1n) is 7.31. The lowest BCUT2D eigenvalue weighted by Gasteiger charge is -2.32. The van der Waals surface area contributed by atoms with Gasteiger partial charge in [-0.3, -0.25) is 4.68 Å². The summed E-state index contributed by atoms with van der Waals surface area (Å²) in [4.78, 5) is 0. The molecule has 1 aromatic heterocycles. The average molecular weight is 378 g/mol. The van der Waals surface area contributed by atoms with Crippen LogP contribution >= 0.6 is 39.5 Å². The van der Waals surface area contributed by atoms with Gasteiger partial charge in [-0.1, -0.05) is 13.8 Å². The smallest absolute Gasteiger partial charge is 0.0766 e. The number of nitrogens with two attached hydrogens (primary N) is 1. The van der Waals surface area contributed by atoms with Gasteiger partial charge in [0.1, 0.15) is 0 Å². The van der Waals surface area contributed by atoms with Crippen LogP contribution in [0.2, 0.25) is 0 Å². The fourth-order valence-corrected chi connectivity index (χ4v) is 6.29. The molecule has 0 radical (unpaired) electrons. The summed E-state index contributed by atoms with van der Waals surface area (Å²) in [5.41, 5.74) is 8.93. The Hall–Kier alpha value is 0.350. The number of aromatic nitrogens is 2. The van der Waals surface area contributed by atoms with E-state index in [9.17, 15) is 0 Å².